The molecule has 0 unspecified atom stereocenters. The number of hydrogen-bond acceptors (Lipinski definition) is 1. The third-order valence-electron chi connectivity index (χ3n) is 1.31. The molecule has 0 saturated heterocycles. The van der Waals surface area contributed by atoms with Gasteiger partial charge in [0.15, 0.2) is 0 Å². The lowest BCUT2D eigenvalue weighted by Crippen LogP contribution is -1.92. The van der Waals surface area contributed by atoms with E-state index in [-0.39, 0.29) is 0 Å². The minimum atomic E-state index is 0.715. The van der Waals surface area contributed by atoms with Crippen LogP contribution in [0.4, 0.5) is 0 Å². The van der Waals surface area contributed by atoms with Crippen molar-refractivity contribution < 1.29 is 4.74 Å². The summed E-state index contributed by atoms with van der Waals surface area (Å²) in [5.74, 6) is 0. The smallest absolute Gasteiger partial charge is 0.0712 e. The summed E-state index contributed by atoms with van der Waals surface area (Å²) in [6, 6.07) is 0. The Labute approximate surface area is 63.4 Å². The molecule has 0 bridgehead atoms. The van der Waals surface area contributed by atoms with Crippen molar-refractivity contribution in [2.45, 2.75) is 20.8 Å². The minimum Gasteiger partial charge on any atom is -0.380 e. The number of ether oxygens (including phenoxy) is 1. The topological polar surface area (TPSA) is 9.23 Å². The molecule has 0 heterocycles. The fraction of sp³-hybridized carbons (Fsp3) is 0.556. The zero-order valence-corrected chi connectivity index (χ0v) is 7.27. The molecule has 1 heteroatoms. The van der Waals surface area contributed by atoms with Crippen LogP contribution >= 0.6 is 0 Å². The van der Waals surface area contributed by atoms with Gasteiger partial charge in [0.2, 0.25) is 0 Å². The van der Waals surface area contributed by atoms with Crippen LogP contribution in [-0.4, -0.2) is 13.7 Å². The van der Waals surface area contributed by atoms with Gasteiger partial charge in [0.1, 0.15) is 0 Å². The van der Waals surface area contributed by atoms with Crippen LogP contribution in [-0.2, 0) is 4.74 Å². The Kier molecular flexibility index (Phi) is 4.95. The van der Waals surface area contributed by atoms with Crippen LogP contribution < -0.4 is 0 Å². The van der Waals surface area contributed by atoms with Crippen LogP contribution in [0.5, 0.6) is 0 Å². The van der Waals surface area contributed by atoms with E-state index in [1.54, 1.807) is 7.11 Å². The van der Waals surface area contributed by atoms with Crippen molar-refractivity contribution in [3.05, 3.63) is 23.3 Å². The second-order valence-electron chi connectivity index (χ2n) is 2.46. The summed E-state index contributed by atoms with van der Waals surface area (Å²) in [6.45, 7) is 6.91. The zero-order valence-electron chi connectivity index (χ0n) is 7.27. The Balaban J connectivity index is 4.13. The predicted octanol–water partition coefficient (Wildman–Crippen LogP) is 2.55. The van der Waals surface area contributed by atoms with Crippen LogP contribution in [0.2, 0.25) is 0 Å². The Morgan fingerprint density at radius 1 is 1.40 bits per heavy atom. The van der Waals surface area contributed by atoms with Gasteiger partial charge in [0.25, 0.3) is 0 Å². The molecule has 1 nitrogen and oxygen atoms in total. The molecule has 58 valence electrons. The van der Waals surface area contributed by atoms with Gasteiger partial charge in [-0.1, -0.05) is 17.7 Å². The largest absolute Gasteiger partial charge is 0.380 e. The quantitative estimate of drug-likeness (QED) is 0.547. The van der Waals surface area contributed by atoms with Crippen LogP contribution in [0.1, 0.15) is 20.8 Å². The van der Waals surface area contributed by atoms with Crippen LogP contribution in [0.25, 0.3) is 0 Å². The summed E-state index contributed by atoms with van der Waals surface area (Å²) < 4.78 is 5.01. The minimum absolute atomic E-state index is 0.715. The molecule has 0 aliphatic heterocycles. The van der Waals surface area contributed by atoms with Gasteiger partial charge < -0.3 is 4.74 Å². The summed E-state index contributed by atoms with van der Waals surface area (Å²) in [5.41, 5.74) is 2.59. The van der Waals surface area contributed by atoms with Gasteiger partial charge in [0, 0.05) is 7.11 Å². The molecule has 0 amide bonds. The monoisotopic (exact) mass is 140 g/mol. The van der Waals surface area contributed by atoms with Crippen molar-refractivity contribution >= 4 is 0 Å². The van der Waals surface area contributed by atoms with Crippen LogP contribution in [0.15, 0.2) is 23.3 Å². The van der Waals surface area contributed by atoms with Gasteiger partial charge >= 0.3 is 0 Å². The molecule has 0 N–H and O–H groups in total. The van der Waals surface area contributed by atoms with E-state index in [9.17, 15) is 0 Å². The van der Waals surface area contributed by atoms with Crippen molar-refractivity contribution in [1.82, 2.24) is 0 Å². The zero-order chi connectivity index (χ0) is 7.98. The average molecular weight is 140 g/mol. The van der Waals surface area contributed by atoms with Crippen molar-refractivity contribution in [2.24, 2.45) is 0 Å². The molecule has 0 aromatic heterocycles. The van der Waals surface area contributed by atoms with Crippen LogP contribution in [0, 0.1) is 0 Å². The first-order valence-corrected chi connectivity index (χ1v) is 3.50. The molecule has 0 radical (unpaired) electrons. The van der Waals surface area contributed by atoms with E-state index in [2.05, 4.69) is 19.9 Å². The number of methoxy groups -OCH3 is 1. The highest BCUT2D eigenvalue weighted by molar-refractivity contribution is 5.23. The highest BCUT2D eigenvalue weighted by Crippen LogP contribution is 2.04. The standard InChI is InChI=1S/C9H16O/c1-5-6-9(7-10-4)8(2)3/h5-6H,7H2,1-4H3. The summed E-state index contributed by atoms with van der Waals surface area (Å²) >= 11 is 0. The summed E-state index contributed by atoms with van der Waals surface area (Å²) in [4.78, 5) is 0. The normalized spacial score (nSPS) is 10.4. The maximum absolute atomic E-state index is 5.01. The molecule has 0 spiro atoms. The van der Waals surface area contributed by atoms with Crippen molar-refractivity contribution in [3.63, 3.8) is 0 Å². The van der Waals surface area contributed by atoms with E-state index in [0.717, 1.165) is 0 Å². The van der Waals surface area contributed by atoms with E-state index < -0.39 is 0 Å². The van der Waals surface area contributed by atoms with Crippen LogP contribution in [0.3, 0.4) is 0 Å². The average Bonchev–Trinajstić information content (AvgIpc) is 1.87. The molecular formula is C9H16O. The number of hydrogen-bond donors (Lipinski definition) is 0. The first-order valence-electron chi connectivity index (χ1n) is 3.50. The van der Waals surface area contributed by atoms with Crippen molar-refractivity contribution in [2.75, 3.05) is 13.7 Å². The molecule has 0 atom stereocenters. The SMILES string of the molecule is CC=CC(COC)=C(C)C. The van der Waals surface area contributed by atoms with Gasteiger partial charge in [-0.3, -0.25) is 0 Å². The first kappa shape index (κ1) is 9.44. The molecule has 0 rings (SSSR count). The van der Waals surface area contributed by atoms with Gasteiger partial charge in [0.05, 0.1) is 6.61 Å². The molecule has 0 aliphatic carbocycles. The molecule has 0 aromatic carbocycles. The maximum atomic E-state index is 5.01. The highest BCUT2D eigenvalue weighted by atomic mass is 16.5. The Bertz CT molecular complexity index is 139. The third kappa shape index (κ3) is 3.46. The Hall–Kier alpha value is -0.560. The first-order chi connectivity index (χ1) is 4.72. The lowest BCUT2D eigenvalue weighted by molar-refractivity contribution is 0.227. The molecule has 10 heavy (non-hydrogen) atoms. The highest BCUT2D eigenvalue weighted by Gasteiger charge is 1.91. The second-order valence-corrected chi connectivity index (χ2v) is 2.46. The van der Waals surface area contributed by atoms with Gasteiger partial charge in [-0.25, -0.2) is 0 Å². The molecule has 0 saturated carbocycles. The third-order valence-corrected chi connectivity index (χ3v) is 1.31. The maximum Gasteiger partial charge on any atom is 0.0712 e. The summed E-state index contributed by atoms with van der Waals surface area (Å²) in [6.07, 6.45) is 4.11. The van der Waals surface area contributed by atoms with Gasteiger partial charge in [-0.05, 0) is 26.3 Å². The van der Waals surface area contributed by atoms with E-state index in [1.807, 2.05) is 13.0 Å². The molecule has 0 aromatic rings. The fourth-order valence-corrected chi connectivity index (χ4v) is 0.716. The lowest BCUT2D eigenvalue weighted by atomic mass is 10.1. The van der Waals surface area contributed by atoms with Crippen molar-refractivity contribution in [3.8, 4) is 0 Å². The van der Waals surface area contributed by atoms with E-state index >= 15 is 0 Å². The van der Waals surface area contributed by atoms with E-state index in [0.29, 0.717) is 6.61 Å². The van der Waals surface area contributed by atoms with E-state index in [4.69, 9.17) is 4.74 Å². The molecular weight excluding hydrogens is 124 g/mol. The Morgan fingerprint density at radius 2 is 2.00 bits per heavy atom. The number of allylic oxidation sites excluding steroid dienone is 2. The predicted molar refractivity (Wildman–Crippen MR) is 45.1 cm³/mol. The molecule has 0 aliphatic rings. The number of rotatable bonds is 3. The lowest BCUT2D eigenvalue weighted by Gasteiger charge is -2.01. The summed E-state index contributed by atoms with van der Waals surface area (Å²) in [7, 11) is 1.71. The van der Waals surface area contributed by atoms with E-state index in [1.165, 1.54) is 11.1 Å². The second kappa shape index (κ2) is 5.24. The van der Waals surface area contributed by atoms with Gasteiger partial charge in [-0.2, -0.15) is 0 Å². The van der Waals surface area contributed by atoms with Gasteiger partial charge in [-0.15, -0.1) is 0 Å². The Morgan fingerprint density at radius 3 is 2.30 bits per heavy atom. The molecule has 0 fully saturated rings. The van der Waals surface area contributed by atoms with Crippen molar-refractivity contribution in [1.29, 1.82) is 0 Å². The summed E-state index contributed by atoms with van der Waals surface area (Å²) in [5, 5.41) is 0. The fourth-order valence-electron chi connectivity index (χ4n) is 0.716.